The van der Waals surface area contributed by atoms with Crippen LogP contribution in [-0.4, -0.2) is 75.0 Å². The smallest absolute Gasteiger partial charge is 0.0594 e. The lowest BCUT2D eigenvalue weighted by atomic mass is 10.1. The first-order valence-electron chi connectivity index (χ1n) is 7.52. The van der Waals surface area contributed by atoms with Crippen molar-refractivity contribution in [1.29, 1.82) is 0 Å². The van der Waals surface area contributed by atoms with Crippen LogP contribution in [0.3, 0.4) is 0 Å². The van der Waals surface area contributed by atoms with E-state index in [2.05, 4.69) is 16.7 Å². The highest BCUT2D eigenvalue weighted by molar-refractivity contribution is 4.74. The number of hydrogen-bond acceptors (Lipinski definition) is 4. The van der Waals surface area contributed by atoms with Gasteiger partial charge in [0.2, 0.25) is 0 Å². The van der Waals surface area contributed by atoms with E-state index in [1.807, 2.05) is 0 Å². The summed E-state index contributed by atoms with van der Waals surface area (Å²) < 4.78 is 10.8. The van der Waals surface area contributed by atoms with Crippen molar-refractivity contribution < 1.29 is 9.47 Å². The van der Waals surface area contributed by atoms with Gasteiger partial charge in [-0.2, -0.15) is 0 Å². The quantitative estimate of drug-likeness (QED) is 0.713. The molecule has 1 unspecified atom stereocenters. The van der Waals surface area contributed by atoms with Crippen molar-refractivity contribution in [2.24, 2.45) is 0 Å². The molecule has 0 aliphatic carbocycles. The average Bonchev–Trinajstić information content (AvgIpc) is 2.46. The maximum Gasteiger partial charge on any atom is 0.0594 e. The zero-order valence-corrected chi connectivity index (χ0v) is 11.8. The topological polar surface area (TPSA) is 24.9 Å². The fraction of sp³-hybridized carbons (Fsp3) is 1.00. The third-order valence-corrected chi connectivity index (χ3v) is 4.15. The molecule has 2 saturated heterocycles. The fourth-order valence-corrected chi connectivity index (χ4v) is 2.96. The van der Waals surface area contributed by atoms with Crippen molar-refractivity contribution in [2.75, 3.05) is 59.2 Å². The van der Waals surface area contributed by atoms with E-state index < -0.39 is 0 Å². The highest BCUT2D eigenvalue weighted by Crippen LogP contribution is 2.13. The number of rotatable bonds is 6. The number of nitrogens with zero attached hydrogens (tertiary/aromatic N) is 2. The van der Waals surface area contributed by atoms with Gasteiger partial charge in [0.05, 0.1) is 26.4 Å². The second kappa shape index (κ2) is 8.10. The SMILES string of the molecule is CCC(CCCN1CCOCC1)N1CCOCC1. The maximum absolute atomic E-state index is 5.43. The highest BCUT2D eigenvalue weighted by Gasteiger charge is 2.19. The van der Waals surface area contributed by atoms with Gasteiger partial charge in [0.15, 0.2) is 0 Å². The molecule has 0 radical (unpaired) electrons. The van der Waals surface area contributed by atoms with Crippen LogP contribution in [0, 0.1) is 0 Å². The molecule has 0 saturated carbocycles. The number of hydrogen-bond donors (Lipinski definition) is 0. The predicted molar refractivity (Wildman–Crippen MR) is 73.0 cm³/mol. The van der Waals surface area contributed by atoms with Gasteiger partial charge in [-0.15, -0.1) is 0 Å². The summed E-state index contributed by atoms with van der Waals surface area (Å²) in [4.78, 5) is 5.15. The lowest BCUT2D eigenvalue weighted by molar-refractivity contribution is 0.0107. The molecular weight excluding hydrogens is 228 g/mol. The normalized spacial score (nSPS) is 25.2. The molecule has 0 bridgehead atoms. The van der Waals surface area contributed by atoms with Crippen LogP contribution < -0.4 is 0 Å². The molecule has 18 heavy (non-hydrogen) atoms. The zero-order valence-electron chi connectivity index (χ0n) is 11.8. The Morgan fingerprint density at radius 3 is 2.17 bits per heavy atom. The maximum atomic E-state index is 5.43. The summed E-state index contributed by atoms with van der Waals surface area (Å²) in [7, 11) is 0. The second-order valence-corrected chi connectivity index (χ2v) is 5.31. The van der Waals surface area contributed by atoms with Gasteiger partial charge in [-0.25, -0.2) is 0 Å². The standard InChI is InChI=1S/C14H28N2O2/c1-2-14(16-8-12-18-13-9-16)4-3-5-15-6-10-17-11-7-15/h14H,2-13H2,1H3. The molecule has 2 aliphatic heterocycles. The van der Waals surface area contributed by atoms with Crippen LogP contribution in [-0.2, 0) is 9.47 Å². The summed E-state index contributed by atoms with van der Waals surface area (Å²) in [6, 6.07) is 0.759. The van der Waals surface area contributed by atoms with Crippen LogP contribution in [0.2, 0.25) is 0 Å². The van der Waals surface area contributed by atoms with E-state index >= 15 is 0 Å². The van der Waals surface area contributed by atoms with E-state index in [0.717, 1.165) is 58.6 Å². The van der Waals surface area contributed by atoms with E-state index in [1.165, 1.54) is 25.8 Å². The van der Waals surface area contributed by atoms with E-state index in [9.17, 15) is 0 Å². The van der Waals surface area contributed by atoms with E-state index in [1.54, 1.807) is 0 Å². The predicted octanol–water partition coefficient (Wildman–Crippen LogP) is 1.21. The van der Waals surface area contributed by atoms with Gasteiger partial charge in [0.1, 0.15) is 0 Å². The Hall–Kier alpha value is -0.160. The minimum atomic E-state index is 0.759. The van der Waals surface area contributed by atoms with Crippen LogP contribution in [0.4, 0.5) is 0 Å². The molecule has 4 heteroatoms. The van der Waals surface area contributed by atoms with Gasteiger partial charge >= 0.3 is 0 Å². The zero-order chi connectivity index (χ0) is 12.6. The fourth-order valence-electron chi connectivity index (χ4n) is 2.96. The summed E-state index contributed by atoms with van der Waals surface area (Å²) in [5.41, 5.74) is 0. The Labute approximate surface area is 111 Å². The van der Waals surface area contributed by atoms with E-state index in [0.29, 0.717) is 0 Å². The molecule has 0 N–H and O–H groups in total. The molecule has 2 fully saturated rings. The van der Waals surface area contributed by atoms with Crippen molar-refractivity contribution in [3.05, 3.63) is 0 Å². The molecule has 4 nitrogen and oxygen atoms in total. The monoisotopic (exact) mass is 256 g/mol. The molecular formula is C14H28N2O2. The van der Waals surface area contributed by atoms with Crippen molar-refractivity contribution >= 4 is 0 Å². The molecule has 1 atom stereocenters. The highest BCUT2D eigenvalue weighted by atomic mass is 16.5. The third-order valence-electron chi connectivity index (χ3n) is 4.15. The molecule has 2 aliphatic rings. The van der Waals surface area contributed by atoms with Gasteiger partial charge in [-0.3, -0.25) is 9.80 Å². The lowest BCUT2D eigenvalue weighted by Gasteiger charge is -2.34. The number of morpholine rings is 2. The summed E-state index contributed by atoms with van der Waals surface area (Å²) in [6.45, 7) is 11.7. The number of ether oxygens (including phenoxy) is 2. The second-order valence-electron chi connectivity index (χ2n) is 5.31. The van der Waals surface area contributed by atoms with Gasteiger partial charge in [0.25, 0.3) is 0 Å². The van der Waals surface area contributed by atoms with Crippen LogP contribution in [0.1, 0.15) is 26.2 Å². The van der Waals surface area contributed by atoms with Gasteiger partial charge < -0.3 is 9.47 Å². The summed E-state index contributed by atoms with van der Waals surface area (Å²) in [6.07, 6.45) is 3.91. The summed E-state index contributed by atoms with van der Waals surface area (Å²) in [5, 5.41) is 0. The Balaban J connectivity index is 1.63. The van der Waals surface area contributed by atoms with Crippen LogP contribution in [0.5, 0.6) is 0 Å². The molecule has 2 heterocycles. The molecule has 0 aromatic rings. The summed E-state index contributed by atoms with van der Waals surface area (Å²) >= 11 is 0. The first-order chi connectivity index (χ1) is 8.90. The first-order valence-corrected chi connectivity index (χ1v) is 7.52. The molecule has 106 valence electrons. The molecule has 2 rings (SSSR count). The third kappa shape index (κ3) is 4.50. The van der Waals surface area contributed by atoms with E-state index in [-0.39, 0.29) is 0 Å². The lowest BCUT2D eigenvalue weighted by Crippen LogP contribution is -2.43. The van der Waals surface area contributed by atoms with Crippen LogP contribution >= 0.6 is 0 Å². The minimum absolute atomic E-state index is 0.759. The molecule has 0 amide bonds. The van der Waals surface area contributed by atoms with Gasteiger partial charge in [-0.1, -0.05) is 6.92 Å². The van der Waals surface area contributed by atoms with Gasteiger partial charge in [0, 0.05) is 32.2 Å². The molecule has 0 spiro atoms. The van der Waals surface area contributed by atoms with Crippen molar-refractivity contribution in [1.82, 2.24) is 9.80 Å². The Kier molecular flexibility index (Phi) is 6.41. The largest absolute Gasteiger partial charge is 0.379 e. The van der Waals surface area contributed by atoms with Crippen molar-refractivity contribution in [2.45, 2.75) is 32.2 Å². The van der Waals surface area contributed by atoms with Crippen LogP contribution in [0.15, 0.2) is 0 Å². The molecule has 0 aromatic carbocycles. The van der Waals surface area contributed by atoms with Crippen molar-refractivity contribution in [3.63, 3.8) is 0 Å². The molecule has 0 aromatic heterocycles. The average molecular weight is 256 g/mol. The van der Waals surface area contributed by atoms with Gasteiger partial charge in [-0.05, 0) is 25.8 Å². The Morgan fingerprint density at radius 2 is 1.56 bits per heavy atom. The first kappa shape index (κ1) is 14.3. The van der Waals surface area contributed by atoms with Crippen LogP contribution in [0.25, 0.3) is 0 Å². The van der Waals surface area contributed by atoms with E-state index in [4.69, 9.17) is 9.47 Å². The Morgan fingerprint density at radius 1 is 0.944 bits per heavy atom. The minimum Gasteiger partial charge on any atom is -0.379 e. The summed E-state index contributed by atoms with van der Waals surface area (Å²) in [5.74, 6) is 0. The Bertz CT molecular complexity index is 214. The van der Waals surface area contributed by atoms with Crippen molar-refractivity contribution in [3.8, 4) is 0 Å².